The molecule has 1 heterocycles. The monoisotopic (exact) mass is 480 g/mol. The SMILES string of the molecule is C.Cc1ccc(F)cc1C(=O)NCc1ccc(-n2nc(C(C)C(F)(F)F)c(N)c2C(=O)O)cc1. The van der Waals surface area contributed by atoms with E-state index in [1.54, 1.807) is 19.1 Å². The number of halogens is 4. The minimum atomic E-state index is -4.65. The zero-order valence-corrected chi connectivity index (χ0v) is 17.6. The summed E-state index contributed by atoms with van der Waals surface area (Å²) in [6, 6.07) is 9.84. The molecule has 0 radical (unpaired) electrons. The van der Waals surface area contributed by atoms with E-state index in [9.17, 15) is 32.3 Å². The maximum atomic E-state index is 13.4. The summed E-state index contributed by atoms with van der Waals surface area (Å²) in [5.41, 5.74) is 5.55. The van der Waals surface area contributed by atoms with Crippen LogP contribution in [-0.2, 0) is 6.54 Å². The molecular formula is C23H24F4N4O3. The van der Waals surface area contributed by atoms with Crippen molar-refractivity contribution < 1.29 is 32.3 Å². The lowest BCUT2D eigenvalue weighted by molar-refractivity contribution is -0.147. The van der Waals surface area contributed by atoms with E-state index in [1.807, 2.05) is 0 Å². The molecule has 4 N–H and O–H groups in total. The van der Waals surface area contributed by atoms with Crippen LogP contribution in [-0.4, -0.2) is 32.9 Å². The van der Waals surface area contributed by atoms with E-state index in [4.69, 9.17) is 5.73 Å². The van der Waals surface area contributed by atoms with Gasteiger partial charge in [0, 0.05) is 12.1 Å². The normalized spacial score (nSPS) is 12.1. The van der Waals surface area contributed by atoms with E-state index in [-0.39, 0.29) is 25.2 Å². The molecule has 182 valence electrons. The molecule has 11 heteroatoms. The van der Waals surface area contributed by atoms with Crippen LogP contribution in [0.2, 0.25) is 0 Å². The van der Waals surface area contributed by atoms with Crippen LogP contribution in [0.15, 0.2) is 42.5 Å². The quantitative estimate of drug-likeness (QED) is 0.438. The maximum Gasteiger partial charge on any atom is 0.397 e. The first-order chi connectivity index (χ1) is 15.4. The molecule has 1 atom stereocenters. The molecule has 3 aromatic rings. The summed E-state index contributed by atoms with van der Waals surface area (Å²) >= 11 is 0. The van der Waals surface area contributed by atoms with Crippen molar-refractivity contribution in [1.82, 2.24) is 15.1 Å². The first-order valence-corrected chi connectivity index (χ1v) is 9.72. The molecule has 0 saturated carbocycles. The molecule has 0 saturated heterocycles. The number of carboxylic acids is 1. The fourth-order valence-corrected chi connectivity index (χ4v) is 3.19. The number of carbonyl (C=O) groups excluding carboxylic acids is 1. The van der Waals surface area contributed by atoms with Crippen molar-refractivity contribution >= 4 is 17.6 Å². The molecule has 0 aliphatic heterocycles. The molecule has 0 bridgehead atoms. The average molecular weight is 480 g/mol. The Morgan fingerprint density at radius 3 is 2.35 bits per heavy atom. The van der Waals surface area contributed by atoms with Crippen molar-refractivity contribution in [3.63, 3.8) is 0 Å². The van der Waals surface area contributed by atoms with Crippen molar-refractivity contribution in [3.05, 3.63) is 76.4 Å². The van der Waals surface area contributed by atoms with Gasteiger partial charge in [0.15, 0.2) is 5.69 Å². The second-order valence-electron chi connectivity index (χ2n) is 7.44. The highest BCUT2D eigenvalue weighted by molar-refractivity contribution is 5.95. The first-order valence-electron chi connectivity index (χ1n) is 9.72. The van der Waals surface area contributed by atoms with Gasteiger partial charge >= 0.3 is 12.1 Å². The highest BCUT2D eigenvalue weighted by atomic mass is 19.4. The minimum absolute atomic E-state index is 0. The van der Waals surface area contributed by atoms with E-state index in [0.29, 0.717) is 11.1 Å². The number of hydrogen-bond acceptors (Lipinski definition) is 4. The number of aryl methyl sites for hydroxylation is 1. The Balaban J connectivity index is 0.00000408. The Hall–Kier alpha value is -3.89. The third kappa shape index (κ3) is 5.36. The lowest BCUT2D eigenvalue weighted by Gasteiger charge is -2.13. The highest BCUT2D eigenvalue weighted by Gasteiger charge is 2.41. The van der Waals surface area contributed by atoms with E-state index < -0.39 is 46.9 Å². The van der Waals surface area contributed by atoms with Crippen LogP contribution in [0, 0.1) is 12.7 Å². The summed E-state index contributed by atoms with van der Waals surface area (Å²) in [6.45, 7) is 2.60. The number of nitrogens with zero attached hydrogens (tertiary/aromatic N) is 2. The fraction of sp³-hybridized carbons (Fsp3) is 0.261. The molecule has 1 aromatic heterocycles. The number of alkyl halides is 3. The van der Waals surface area contributed by atoms with Crippen LogP contribution in [0.4, 0.5) is 23.2 Å². The lowest BCUT2D eigenvalue weighted by atomic mass is 10.1. The number of anilines is 1. The standard InChI is InChI=1S/C22H20F4N4O3.CH4/c1-11-3-6-14(23)9-16(11)20(31)28-10-13-4-7-15(8-5-13)30-19(21(32)33)17(27)18(29-30)12(2)22(24,25)26;/h3-9,12H,10,27H2,1-2H3,(H,28,31)(H,32,33);1H4. The predicted octanol–water partition coefficient (Wildman–Crippen LogP) is 4.83. The van der Waals surface area contributed by atoms with Crippen molar-refractivity contribution in [2.75, 3.05) is 5.73 Å². The van der Waals surface area contributed by atoms with E-state index >= 15 is 0 Å². The average Bonchev–Trinajstić information content (AvgIpc) is 3.10. The summed E-state index contributed by atoms with van der Waals surface area (Å²) < 4.78 is 53.6. The molecule has 0 aliphatic carbocycles. The Morgan fingerprint density at radius 2 is 1.79 bits per heavy atom. The highest BCUT2D eigenvalue weighted by Crippen LogP contribution is 2.37. The molecule has 2 aromatic carbocycles. The summed E-state index contributed by atoms with van der Waals surface area (Å²) in [7, 11) is 0. The molecule has 3 rings (SSSR count). The van der Waals surface area contributed by atoms with Gasteiger partial charge in [0.25, 0.3) is 5.91 Å². The molecule has 0 aliphatic rings. The fourth-order valence-electron chi connectivity index (χ4n) is 3.19. The van der Waals surface area contributed by atoms with Gasteiger partial charge in [0.2, 0.25) is 0 Å². The second-order valence-corrected chi connectivity index (χ2v) is 7.44. The number of amides is 1. The Labute approximate surface area is 193 Å². The van der Waals surface area contributed by atoms with Crippen molar-refractivity contribution in [2.45, 2.75) is 39.9 Å². The second kappa shape index (κ2) is 9.94. The van der Waals surface area contributed by atoms with Gasteiger partial charge in [-0.05, 0) is 49.2 Å². The van der Waals surface area contributed by atoms with Crippen molar-refractivity contribution in [1.29, 1.82) is 0 Å². The molecule has 1 amide bonds. The number of nitrogens with two attached hydrogens (primary N) is 1. The van der Waals surface area contributed by atoms with Gasteiger partial charge in [-0.1, -0.05) is 25.6 Å². The van der Waals surface area contributed by atoms with E-state index in [0.717, 1.165) is 17.7 Å². The maximum absolute atomic E-state index is 13.4. The van der Waals surface area contributed by atoms with Crippen LogP contribution >= 0.6 is 0 Å². The van der Waals surface area contributed by atoms with Crippen LogP contribution in [0.3, 0.4) is 0 Å². The van der Waals surface area contributed by atoms with Crippen LogP contribution < -0.4 is 11.1 Å². The van der Waals surface area contributed by atoms with Gasteiger partial charge in [-0.3, -0.25) is 4.79 Å². The molecule has 7 nitrogen and oxygen atoms in total. The van der Waals surface area contributed by atoms with E-state index in [2.05, 4.69) is 10.4 Å². The van der Waals surface area contributed by atoms with Gasteiger partial charge < -0.3 is 16.2 Å². The molecule has 0 spiro atoms. The van der Waals surface area contributed by atoms with Crippen molar-refractivity contribution in [3.8, 4) is 5.69 Å². The summed E-state index contributed by atoms with van der Waals surface area (Å²) in [4.78, 5) is 24.0. The third-order valence-corrected chi connectivity index (χ3v) is 5.13. The van der Waals surface area contributed by atoms with Gasteiger partial charge in [0.1, 0.15) is 5.82 Å². The number of nitrogen functional groups attached to an aromatic ring is 1. The number of aromatic carboxylic acids is 1. The lowest BCUT2D eigenvalue weighted by Crippen LogP contribution is -2.23. The molecule has 34 heavy (non-hydrogen) atoms. The minimum Gasteiger partial charge on any atom is -0.476 e. The summed E-state index contributed by atoms with van der Waals surface area (Å²) in [6.07, 6.45) is -4.65. The zero-order valence-electron chi connectivity index (χ0n) is 17.6. The van der Waals surface area contributed by atoms with Gasteiger partial charge in [0.05, 0.1) is 23.0 Å². The number of benzene rings is 2. The Bertz CT molecular complexity index is 1200. The van der Waals surface area contributed by atoms with Gasteiger partial charge in [-0.2, -0.15) is 18.3 Å². The van der Waals surface area contributed by atoms with Crippen molar-refractivity contribution in [2.24, 2.45) is 0 Å². The largest absolute Gasteiger partial charge is 0.476 e. The van der Waals surface area contributed by atoms with Gasteiger partial charge in [-0.25, -0.2) is 13.9 Å². The van der Waals surface area contributed by atoms with E-state index in [1.165, 1.54) is 24.3 Å². The summed E-state index contributed by atoms with van der Waals surface area (Å²) in [5.74, 6) is -4.60. The summed E-state index contributed by atoms with van der Waals surface area (Å²) in [5, 5.41) is 15.9. The smallest absolute Gasteiger partial charge is 0.397 e. The number of carbonyl (C=O) groups is 2. The third-order valence-electron chi connectivity index (χ3n) is 5.13. The van der Waals surface area contributed by atoms with Gasteiger partial charge in [-0.15, -0.1) is 0 Å². The Morgan fingerprint density at radius 1 is 1.18 bits per heavy atom. The molecular weight excluding hydrogens is 456 g/mol. The number of rotatable bonds is 6. The zero-order chi connectivity index (χ0) is 24.5. The molecule has 1 unspecified atom stereocenters. The number of hydrogen-bond donors (Lipinski definition) is 3. The number of nitrogens with one attached hydrogen (secondary N) is 1. The number of carboxylic acid groups (broad SMARTS) is 1. The molecule has 0 fully saturated rings. The van der Waals surface area contributed by atoms with Crippen LogP contribution in [0.1, 0.15) is 57.9 Å². The predicted molar refractivity (Wildman–Crippen MR) is 118 cm³/mol. The topological polar surface area (TPSA) is 110 Å². The first kappa shape index (κ1) is 26.4. The Kier molecular flexibility index (Phi) is 7.71. The number of aromatic nitrogens is 2. The van der Waals surface area contributed by atoms with Crippen LogP contribution in [0.25, 0.3) is 5.69 Å². The van der Waals surface area contributed by atoms with Crippen LogP contribution in [0.5, 0.6) is 0 Å².